The van der Waals surface area contributed by atoms with Gasteiger partial charge in [0.1, 0.15) is 5.75 Å². The van der Waals surface area contributed by atoms with E-state index in [-0.39, 0.29) is 0 Å². The van der Waals surface area contributed by atoms with Gasteiger partial charge in [-0.15, -0.1) is 0 Å². The quantitative estimate of drug-likeness (QED) is 0.922. The summed E-state index contributed by atoms with van der Waals surface area (Å²) in [6, 6.07) is 7.66. The number of hydrogen-bond donors (Lipinski definition) is 1. The van der Waals surface area contributed by atoms with Gasteiger partial charge in [0.05, 0.1) is 0 Å². The van der Waals surface area contributed by atoms with Gasteiger partial charge in [0.2, 0.25) is 5.91 Å². The number of rotatable bonds is 4. The number of piperidine rings is 2. The molecule has 132 valence electrons. The average molecular weight is 330 g/mol. The van der Waals surface area contributed by atoms with Crippen LogP contribution in [0.3, 0.4) is 0 Å². The zero-order valence-corrected chi connectivity index (χ0v) is 14.8. The van der Waals surface area contributed by atoms with Crippen molar-refractivity contribution in [3.8, 4) is 5.75 Å². The minimum absolute atomic E-state index is 0.330. The van der Waals surface area contributed by atoms with Gasteiger partial charge in [-0.3, -0.25) is 4.79 Å². The van der Waals surface area contributed by atoms with Crippen LogP contribution >= 0.6 is 0 Å². The third-order valence-electron chi connectivity index (χ3n) is 5.58. The summed E-state index contributed by atoms with van der Waals surface area (Å²) >= 11 is 0. The zero-order valence-electron chi connectivity index (χ0n) is 14.8. The van der Waals surface area contributed by atoms with Crippen molar-refractivity contribution in [2.24, 2.45) is 5.92 Å². The van der Waals surface area contributed by atoms with Crippen molar-refractivity contribution in [1.29, 1.82) is 0 Å². The highest BCUT2D eigenvalue weighted by molar-refractivity contribution is 5.76. The van der Waals surface area contributed by atoms with Crippen LogP contribution in [0.15, 0.2) is 24.3 Å². The van der Waals surface area contributed by atoms with E-state index in [1.165, 1.54) is 12.0 Å². The van der Waals surface area contributed by atoms with E-state index in [0.717, 1.165) is 52.0 Å². The first-order valence-corrected chi connectivity index (χ1v) is 9.41. The number of carbonyl (C=O) groups excluding carboxylic acids is 1. The lowest BCUT2D eigenvalue weighted by molar-refractivity contribution is -0.133. The monoisotopic (exact) mass is 330 g/mol. The summed E-state index contributed by atoms with van der Waals surface area (Å²) in [5, 5.41) is 9.63. The molecule has 0 saturated carbocycles. The molecule has 2 fully saturated rings. The van der Waals surface area contributed by atoms with Crippen molar-refractivity contribution in [2.75, 3.05) is 32.7 Å². The second-order valence-corrected chi connectivity index (χ2v) is 7.55. The van der Waals surface area contributed by atoms with E-state index in [0.29, 0.717) is 29.9 Å². The summed E-state index contributed by atoms with van der Waals surface area (Å²) < 4.78 is 0. The van der Waals surface area contributed by atoms with E-state index in [1.807, 2.05) is 12.1 Å². The van der Waals surface area contributed by atoms with Crippen molar-refractivity contribution >= 4 is 5.91 Å². The second kappa shape index (κ2) is 8.02. The Morgan fingerprint density at radius 1 is 1.21 bits per heavy atom. The first-order chi connectivity index (χ1) is 11.6. The number of benzene rings is 1. The molecule has 0 spiro atoms. The lowest BCUT2D eigenvalue weighted by Crippen LogP contribution is -2.41. The van der Waals surface area contributed by atoms with Crippen molar-refractivity contribution in [2.45, 2.75) is 44.9 Å². The Bertz CT molecular complexity index is 552. The fourth-order valence-electron chi connectivity index (χ4n) is 4.10. The lowest BCUT2D eigenvalue weighted by atomic mass is 9.89. The van der Waals surface area contributed by atoms with Gasteiger partial charge in [0, 0.05) is 26.1 Å². The fourth-order valence-corrected chi connectivity index (χ4v) is 4.10. The van der Waals surface area contributed by atoms with Crippen molar-refractivity contribution < 1.29 is 9.90 Å². The average Bonchev–Trinajstić information content (AvgIpc) is 2.60. The van der Waals surface area contributed by atoms with Crippen LogP contribution in [0.25, 0.3) is 0 Å². The summed E-state index contributed by atoms with van der Waals surface area (Å²) in [4.78, 5) is 16.9. The first kappa shape index (κ1) is 17.3. The number of phenolic OH excluding ortho intramolecular Hbond substituents is 1. The molecule has 1 atom stereocenters. The molecule has 2 aliphatic heterocycles. The van der Waals surface area contributed by atoms with Gasteiger partial charge in [0.25, 0.3) is 0 Å². The third-order valence-corrected chi connectivity index (χ3v) is 5.58. The molecule has 1 amide bonds. The topological polar surface area (TPSA) is 43.8 Å². The van der Waals surface area contributed by atoms with E-state index >= 15 is 0 Å². The molecule has 4 nitrogen and oxygen atoms in total. The molecule has 0 radical (unpaired) electrons. The molecular formula is C20H30N2O2. The first-order valence-electron chi connectivity index (χ1n) is 9.41. The molecule has 4 heteroatoms. The van der Waals surface area contributed by atoms with Crippen LogP contribution in [0.5, 0.6) is 5.75 Å². The van der Waals surface area contributed by atoms with Gasteiger partial charge in [0.15, 0.2) is 0 Å². The molecule has 3 rings (SSSR count). The molecule has 1 aromatic rings. The Morgan fingerprint density at radius 3 is 2.71 bits per heavy atom. The summed E-state index contributed by atoms with van der Waals surface area (Å²) in [5.41, 5.74) is 1.24. The Hall–Kier alpha value is -1.55. The van der Waals surface area contributed by atoms with Gasteiger partial charge in [-0.05, 0) is 68.3 Å². The summed E-state index contributed by atoms with van der Waals surface area (Å²) in [6.07, 6.45) is 5.29. The van der Waals surface area contributed by atoms with Crippen LogP contribution in [-0.4, -0.2) is 53.5 Å². The highest BCUT2D eigenvalue weighted by Crippen LogP contribution is 2.29. The van der Waals surface area contributed by atoms with E-state index < -0.39 is 0 Å². The number of amides is 1. The Labute approximate surface area is 145 Å². The number of phenols is 1. The van der Waals surface area contributed by atoms with Gasteiger partial charge < -0.3 is 14.9 Å². The number of likely N-dealkylation sites (tertiary alicyclic amines) is 2. The van der Waals surface area contributed by atoms with Gasteiger partial charge >= 0.3 is 0 Å². The lowest BCUT2D eigenvalue weighted by Gasteiger charge is -2.34. The maximum absolute atomic E-state index is 12.4. The van der Waals surface area contributed by atoms with Crippen LogP contribution in [-0.2, 0) is 4.79 Å². The fraction of sp³-hybridized carbons (Fsp3) is 0.650. The number of carbonyl (C=O) groups is 1. The Morgan fingerprint density at radius 2 is 2.00 bits per heavy atom. The number of hydrogen-bond acceptors (Lipinski definition) is 3. The van der Waals surface area contributed by atoms with Crippen LogP contribution in [0, 0.1) is 5.92 Å². The Balaban J connectivity index is 1.41. The number of aromatic hydroxyl groups is 1. The standard InChI is InChI=1S/C20H30N2O2/c1-16-4-3-10-22(15-16)20(24)9-13-21-11-7-17(8-12-21)18-5-2-6-19(23)14-18/h2,5-6,14,16-17,23H,3-4,7-13,15H2,1H3/t16-/m1/s1. The molecule has 2 saturated heterocycles. The van der Waals surface area contributed by atoms with Gasteiger partial charge in [-0.1, -0.05) is 19.1 Å². The van der Waals surface area contributed by atoms with Crippen molar-refractivity contribution in [1.82, 2.24) is 9.80 Å². The predicted octanol–water partition coefficient (Wildman–Crippen LogP) is 3.22. The van der Waals surface area contributed by atoms with Gasteiger partial charge in [-0.2, -0.15) is 0 Å². The molecular weight excluding hydrogens is 300 g/mol. The normalized spacial score (nSPS) is 23.4. The van der Waals surface area contributed by atoms with Gasteiger partial charge in [-0.25, -0.2) is 0 Å². The molecule has 0 aromatic heterocycles. The highest BCUT2D eigenvalue weighted by Gasteiger charge is 2.24. The largest absolute Gasteiger partial charge is 0.508 e. The zero-order chi connectivity index (χ0) is 16.9. The summed E-state index contributed by atoms with van der Waals surface area (Å²) in [6.45, 7) is 7.11. The number of nitrogens with zero attached hydrogens (tertiary/aromatic N) is 2. The SMILES string of the molecule is C[C@@H]1CCCN(C(=O)CCN2CCC(c3cccc(O)c3)CC2)C1. The molecule has 24 heavy (non-hydrogen) atoms. The van der Waals surface area contributed by atoms with E-state index in [1.54, 1.807) is 6.07 Å². The second-order valence-electron chi connectivity index (χ2n) is 7.55. The minimum atomic E-state index is 0.330. The minimum Gasteiger partial charge on any atom is -0.508 e. The molecule has 0 unspecified atom stereocenters. The molecule has 0 bridgehead atoms. The molecule has 2 heterocycles. The molecule has 1 N–H and O–H groups in total. The van der Waals surface area contributed by atoms with E-state index in [9.17, 15) is 9.90 Å². The summed E-state index contributed by atoms with van der Waals surface area (Å²) in [5.74, 6) is 1.88. The van der Waals surface area contributed by atoms with Crippen molar-refractivity contribution in [3.63, 3.8) is 0 Å². The molecule has 0 aliphatic carbocycles. The summed E-state index contributed by atoms with van der Waals surface area (Å²) in [7, 11) is 0. The van der Waals surface area contributed by atoms with E-state index in [2.05, 4.69) is 22.8 Å². The molecule has 2 aliphatic rings. The van der Waals surface area contributed by atoms with Crippen LogP contribution in [0.1, 0.15) is 50.5 Å². The van der Waals surface area contributed by atoms with Crippen LogP contribution in [0.4, 0.5) is 0 Å². The highest BCUT2D eigenvalue weighted by atomic mass is 16.3. The van der Waals surface area contributed by atoms with Crippen molar-refractivity contribution in [3.05, 3.63) is 29.8 Å². The maximum atomic E-state index is 12.4. The van der Waals surface area contributed by atoms with E-state index in [4.69, 9.17) is 0 Å². The third kappa shape index (κ3) is 4.50. The smallest absolute Gasteiger partial charge is 0.223 e. The Kier molecular flexibility index (Phi) is 5.77. The molecule has 1 aromatic carbocycles. The van der Waals surface area contributed by atoms with Crippen LogP contribution < -0.4 is 0 Å². The van der Waals surface area contributed by atoms with Crippen LogP contribution in [0.2, 0.25) is 0 Å². The maximum Gasteiger partial charge on any atom is 0.223 e. The predicted molar refractivity (Wildman–Crippen MR) is 96.1 cm³/mol.